The van der Waals surface area contributed by atoms with Crippen LogP contribution in [0.4, 0.5) is 0 Å². The number of nitrogens with zero attached hydrogens (tertiary/aromatic N) is 1. The first kappa shape index (κ1) is 5.29. The molecule has 0 saturated heterocycles. The van der Waals surface area contributed by atoms with Crippen molar-refractivity contribution in [2.45, 2.75) is 0 Å². The van der Waals surface area contributed by atoms with E-state index in [9.17, 15) is 0 Å². The standard InChI is InChI=1S/C7H5NO2/c9-7-6-3-1-2-4-8(6)5-10-7/h1-5H/p+1. The molecule has 0 bridgehead atoms. The van der Waals surface area contributed by atoms with Crippen molar-refractivity contribution in [3.63, 3.8) is 0 Å². The first-order valence-electron chi connectivity index (χ1n) is 2.94. The zero-order valence-electron chi connectivity index (χ0n) is 5.19. The highest BCUT2D eigenvalue weighted by Gasteiger charge is 2.09. The number of hydrogen-bond acceptors (Lipinski definition) is 2. The first-order chi connectivity index (χ1) is 4.88. The van der Waals surface area contributed by atoms with E-state index in [0.29, 0.717) is 5.52 Å². The first-order valence-corrected chi connectivity index (χ1v) is 2.94. The van der Waals surface area contributed by atoms with Crippen LogP contribution in [0.2, 0.25) is 0 Å². The molecule has 3 heteroatoms. The van der Waals surface area contributed by atoms with Crippen molar-refractivity contribution in [3.05, 3.63) is 30.8 Å². The van der Waals surface area contributed by atoms with Gasteiger partial charge >= 0.3 is 12.3 Å². The Morgan fingerprint density at radius 3 is 3.10 bits per heavy atom. The van der Waals surface area contributed by atoms with Gasteiger partial charge in [-0.15, -0.1) is 4.40 Å². The smallest absolute Gasteiger partial charge is 0.362 e. The van der Waals surface area contributed by atoms with Crippen molar-refractivity contribution in [2.75, 3.05) is 0 Å². The fraction of sp³-hybridized carbons (Fsp3) is 0. The number of aromatic hydroxyl groups is 1. The molecule has 0 amide bonds. The highest BCUT2D eigenvalue weighted by molar-refractivity contribution is 5.45. The van der Waals surface area contributed by atoms with Crippen LogP contribution in [0, 0.1) is 0 Å². The summed E-state index contributed by atoms with van der Waals surface area (Å²) in [7, 11) is 0. The molecule has 0 saturated carbocycles. The van der Waals surface area contributed by atoms with E-state index in [1.807, 2.05) is 12.1 Å². The quantitative estimate of drug-likeness (QED) is 0.542. The molecule has 3 nitrogen and oxygen atoms in total. The van der Waals surface area contributed by atoms with Crippen molar-refractivity contribution >= 4 is 5.52 Å². The van der Waals surface area contributed by atoms with E-state index in [-0.39, 0.29) is 5.95 Å². The Morgan fingerprint density at radius 1 is 1.40 bits per heavy atom. The van der Waals surface area contributed by atoms with Crippen LogP contribution in [0.25, 0.3) is 5.52 Å². The van der Waals surface area contributed by atoms with Gasteiger partial charge in [-0.05, 0) is 6.07 Å². The fourth-order valence-corrected chi connectivity index (χ4v) is 0.896. The van der Waals surface area contributed by atoms with Crippen LogP contribution in [-0.2, 0) is 0 Å². The molecule has 2 rings (SSSR count). The predicted octanol–water partition coefficient (Wildman–Crippen LogP) is 0.724. The Hall–Kier alpha value is -1.51. The molecule has 2 aromatic heterocycles. The van der Waals surface area contributed by atoms with E-state index >= 15 is 0 Å². The summed E-state index contributed by atoms with van der Waals surface area (Å²) in [4.78, 5) is 0. The topological polar surface area (TPSA) is 37.5 Å². The molecule has 0 aliphatic carbocycles. The minimum Gasteiger partial charge on any atom is -0.476 e. The summed E-state index contributed by atoms with van der Waals surface area (Å²) in [5.74, 6) is -0.0411. The molecule has 0 atom stereocenters. The van der Waals surface area contributed by atoms with Gasteiger partial charge in [0.25, 0.3) is 5.52 Å². The number of oxazole rings is 1. The largest absolute Gasteiger partial charge is 0.476 e. The molecule has 2 aromatic rings. The monoisotopic (exact) mass is 136 g/mol. The molecule has 0 aromatic carbocycles. The third-order valence-corrected chi connectivity index (χ3v) is 1.39. The van der Waals surface area contributed by atoms with Crippen LogP contribution in [0.5, 0.6) is 5.95 Å². The van der Waals surface area contributed by atoms with Crippen LogP contribution < -0.4 is 4.40 Å². The third kappa shape index (κ3) is 0.572. The van der Waals surface area contributed by atoms with Crippen LogP contribution in [-0.4, -0.2) is 5.11 Å². The molecular formula is C7H6NO2+. The normalized spacial score (nSPS) is 10.4. The molecule has 50 valence electrons. The van der Waals surface area contributed by atoms with E-state index in [0.717, 1.165) is 0 Å². The number of hydrogen-bond donors (Lipinski definition) is 1. The van der Waals surface area contributed by atoms with Gasteiger partial charge < -0.3 is 9.52 Å². The van der Waals surface area contributed by atoms with Gasteiger partial charge in [0.1, 0.15) is 0 Å². The van der Waals surface area contributed by atoms with Crippen molar-refractivity contribution in [1.82, 2.24) is 0 Å². The van der Waals surface area contributed by atoms with E-state index in [2.05, 4.69) is 0 Å². The molecule has 0 radical (unpaired) electrons. The lowest BCUT2D eigenvalue weighted by Crippen LogP contribution is -2.15. The van der Waals surface area contributed by atoms with Crippen LogP contribution in [0.1, 0.15) is 0 Å². The van der Waals surface area contributed by atoms with Gasteiger partial charge in [0, 0.05) is 12.1 Å². The van der Waals surface area contributed by atoms with E-state index in [1.54, 1.807) is 16.7 Å². The lowest BCUT2D eigenvalue weighted by Gasteiger charge is -1.76. The van der Waals surface area contributed by atoms with Gasteiger partial charge in [0.05, 0.1) is 0 Å². The van der Waals surface area contributed by atoms with Gasteiger partial charge in [0.2, 0.25) is 0 Å². The van der Waals surface area contributed by atoms with Crippen LogP contribution >= 0.6 is 0 Å². The highest BCUT2D eigenvalue weighted by atomic mass is 16.5. The second-order valence-electron chi connectivity index (χ2n) is 2.02. The fourth-order valence-electron chi connectivity index (χ4n) is 0.896. The molecule has 0 unspecified atom stereocenters. The van der Waals surface area contributed by atoms with Gasteiger partial charge in [-0.2, -0.15) is 0 Å². The summed E-state index contributed by atoms with van der Waals surface area (Å²) in [6.07, 6.45) is 3.25. The summed E-state index contributed by atoms with van der Waals surface area (Å²) in [5.41, 5.74) is 0.683. The van der Waals surface area contributed by atoms with Crippen molar-refractivity contribution in [2.24, 2.45) is 0 Å². The van der Waals surface area contributed by atoms with Gasteiger partial charge in [0.15, 0.2) is 6.20 Å². The molecule has 0 aliphatic heterocycles. The second-order valence-corrected chi connectivity index (χ2v) is 2.02. The van der Waals surface area contributed by atoms with Crippen molar-refractivity contribution in [1.29, 1.82) is 0 Å². The minimum absolute atomic E-state index is 0.0411. The van der Waals surface area contributed by atoms with Crippen molar-refractivity contribution < 1.29 is 13.9 Å². The summed E-state index contributed by atoms with van der Waals surface area (Å²) in [5, 5.41) is 9.02. The molecule has 0 spiro atoms. The number of fused-ring (bicyclic) bond motifs is 1. The molecule has 0 fully saturated rings. The average molecular weight is 136 g/mol. The molecule has 0 aliphatic rings. The summed E-state index contributed by atoms with van der Waals surface area (Å²) in [6, 6.07) is 5.48. The SMILES string of the molecule is Oc1oc[n+]2ccccc12. The number of rotatable bonds is 0. The predicted molar refractivity (Wildman–Crippen MR) is 33.5 cm³/mol. The van der Waals surface area contributed by atoms with Gasteiger partial charge in [-0.3, -0.25) is 0 Å². The minimum atomic E-state index is -0.0411. The summed E-state index contributed by atoms with van der Waals surface area (Å²) in [6.45, 7) is 0. The van der Waals surface area contributed by atoms with Crippen molar-refractivity contribution in [3.8, 4) is 5.95 Å². The Balaban J connectivity index is 2.93. The van der Waals surface area contributed by atoms with E-state index in [4.69, 9.17) is 9.52 Å². The molecule has 10 heavy (non-hydrogen) atoms. The van der Waals surface area contributed by atoms with Gasteiger partial charge in [-0.25, -0.2) is 0 Å². The zero-order valence-corrected chi connectivity index (χ0v) is 5.19. The van der Waals surface area contributed by atoms with Crippen LogP contribution in [0.15, 0.2) is 35.2 Å². The Morgan fingerprint density at radius 2 is 2.30 bits per heavy atom. The van der Waals surface area contributed by atoms with Gasteiger partial charge in [-0.1, -0.05) is 0 Å². The maximum Gasteiger partial charge on any atom is 0.362 e. The zero-order chi connectivity index (χ0) is 6.97. The molecule has 2 heterocycles. The van der Waals surface area contributed by atoms with E-state index in [1.165, 1.54) is 6.39 Å². The summed E-state index contributed by atoms with van der Waals surface area (Å²) >= 11 is 0. The Labute approximate surface area is 57.1 Å². The maximum atomic E-state index is 9.02. The number of aromatic nitrogens is 1. The lowest BCUT2D eigenvalue weighted by atomic mass is 10.4. The third-order valence-electron chi connectivity index (χ3n) is 1.39. The average Bonchev–Trinajstić information content (AvgIpc) is 2.34. The summed E-state index contributed by atoms with van der Waals surface area (Å²) < 4.78 is 6.44. The molecular weight excluding hydrogens is 130 g/mol. The Bertz CT molecular complexity index is 353. The Kier molecular flexibility index (Phi) is 0.917. The number of pyridine rings is 1. The molecule has 1 N–H and O–H groups in total. The highest BCUT2D eigenvalue weighted by Crippen LogP contribution is 2.12. The maximum absolute atomic E-state index is 9.02. The van der Waals surface area contributed by atoms with Crippen LogP contribution in [0.3, 0.4) is 0 Å². The lowest BCUT2D eigenvalue weighted by molar-refractivity contribution is -0.517. The van der Waals surface area contributed by atoms with E-state index < -0.39 is 0 Å². The second kappa shape index (κ2) is 1.73.